The lowest BCUT2D eigenvalue weighted by Crippen LogP contribution is -2.34. The van der Waals surface area contributed by atoms with Crippen LogP contribution in [0.3, 0.4) is 0 Å². The lowest BCUT2D eigenvalue weighted by molar-refractivity contribution is -0.682. The van der Waals surface area contributed by atoms with Gasteiger partial charge in [0.1, 0.15) is 6.54 Å². The topological polar surface area (TPSA) is 64.5 Å². The van der Waals surface area contributed by atoms with Crippen LogP contribution in [0.2, 0.25) is 0 Å². The van der Waals surface area contributed by atoms with Crippen molar-refractivity contribution < 1.29 is 4.57 Å². The first kappa shape index (κ1) is 32.1. The molecule has 6 heteroatoms. The Morgan fingerprint density at radius 2 is 1.13 bits per heavy atom. The highest BCUT2D eigenvalue weighted by Gasteiger charge is 2.28. The molecule has 7 heterocycles. The molecular formula is C46H43N6+. The van der Waals surface area contributed by atoms with Crippen molar-refractivity contribution in [3.63, 3.8) is 0 Å². The first-order valence-corrected chi connectivity index (χ1v) is 18.7. The lowest BCUT2D eigenvalue weighted by Gasteiger charge is -2.35. The van der Waals surface area contributed by atoms with Crippen LogP contribution in [0, 0.1) is 0 Å². The number of likely N-dealkylation sites (tertiary alicyclic amines) is 1. The third-order valence-corrected chi connectivity index (χ3v) is 10.8. The van der Waals surface area contributed by atoms with Crippen molar-refractivity contribution in [1.29, 1.82) is 0 Å². The number of fused-ring (bicyclic) bond motifs is 8. The Hall–Kier alpha value is -5.85. The number of aromatic amines is 2. The van der Waals surface area contributed by atoms with Gasteiger partial charge < -0.3 is 9.97 Å². The predicted octanol–water partition coefficient (Wildman–Crippen LogP) is 10.5. The molecular weight excluding hydrogens is 637 g/mol. The van der Waals surface area contributed by atoms with Crippen molar-refractivity contribution in [3.05, 3.63) is 138 Å². The molecule has 3 aliphatic heterocycles. The van der Waals surface area contributed by atoms with E-state index in [1.165, 1.54) is 18.4 Å². The van der Waals surface area contributed by atoms with Gasteiger partial charge in [0.15, 0.2) is 6.20 Å². The van der Waals surface area contributed by atoms with Crippen LogP contribution in [0.1, 0.15) is 67.5 Å². The number of rotatable bonds is 6. The van der Waals surface area contributed by atoms with Crippen molar-refractivity contribution in [2.24, 2.45) is 0 Å². The summed E-state index contributed by atoms with van der Waals surface area (Å²) < 4.78 is 2.29. The largest absolute Gasteiger partial charge is 0.355 e. The number of aryl methyl sites for hydroxylation is 1. The summed E-state index contributed by atoms with van der Waals surface area (Å²) in [7, 11) is 0. The van der Waals surface area contributed by atoms with Gasteiger partial charge in [0.2, 0.25) is 5.69 Å². The van der Waals surface area contributed by atoms with Gasteiger partial charge in [-0.2, -0.15) is 4.57 Å². The fourth-order valence-electron chi connectivity index (χ4n) is 8.34. The molecule has 0 amide bonds. The maximum absolute atomic E-state index is 5.51. The molecule has 2 aromatic carbocycles. The second kappa shape index (κ2) is 13.7. The summed E-state index contributed by atoms with van der Waals surface area (Å²) in [6.45, 7) is 7.40. The number of nitrogens with zero attached hydrogens (tertiary/aromatic N) is 4. The molecule has 1 unspecified atom stereocenters. The summed E-state index contributed by atoms with van der Waals surface area (Å²) in [5.74, 6) is 0. The number of H-pyrrole nitrogens is 2. The summed E-state index contributed by atoms with van der Waals surface area (Å²) in [4.78, 5) is 21.4. The van der Waals surface area contributed by atoms with E-state index >= 15 is 0 Å². The van der Waals surface area contributed by atoms with E-state index in [-0.39, 0.29) is 6.04 Å². The summed E-state index contributed by atoms with van der Waals surface area (Å²) in [6.07, 6.45) is 14.5. The van der Waals surface area contributed by atoms with Crippen molar-refractivity contribution >= 4 is 46.4 Å². The first-order valence-electron chi connectivity index (χ1n) is 18.7. The lowest BCUT2D eigenvalue weighted by atomic mass is 9.94. The number of piperidine rings is 1. The number of pyridine rings is 1. The molecule has 0 saturated carbocycles. The molecule has 0 aliphatic carbocycles. The van der Waals surface area contributed by atoms with Crippen molar-refractivity contribution in [3.8, 4) is 33.5 Å². The van der Waals surface area contributed by atoms with Gasteiger partial charge in [0, 0.05) is 51.4 Å². The Kier molecular flexibility index (Phi) is 8.45. The third-order valence-electron chi connectivity index (χ3n) is 10.8. The van der Waals surface area contributed by atoms with E-state index in [1.807, 2.05) is 0 Å². The minimum atomic E-state index is 0.265. The molecule has 1 fully saturated rings. The van der Waals surface area contributed by atoms with Gasteiger partial charge in [-0.1, -0.05) is 74.0 Å². The Morgan fingerprint density at radius 1 is 0.596 bits per heavy atom. The second-order valence-electron chi connectivity index (χ2n) is 13.8. The predicted molar refractivity (Wildman–Crippen MR) is 215 cm³/mol. The molecule has 1 atom stereocenters. The van der Waals surface area contributed by atoms with Gasteiger partial charge in [0.25, 0.3) is 0 Å². The maximum Gasteiger partial charge on any atom is 0.216 e. The van der Waals surface area contributed by atoms with Gasteiger partial charge in [-0.3, -0.25) is 4.90 Å². The monoisotopic (exact) mass is 679 g/mol. The molecule has 9 rings (SSSR count). The molecule has 8 bridgehead atoms. The SMILES string of the molecule is CCN1CCCCC1c1c2nc(c(-c3ccccc3)c3ccc([nH]3)c(-c3cccc[n+]3CC)c3nc(c(-c4ccccc4)c4ccc1[nH]4)C=C3)C=C2. The van der Waals surface area contributed by atoms with Crippen LogP contribution >= 0.6 is 0 Å². The highest BCUT2D eigenvalue weighted by atomic mass is 15.2. The minimum absolute atomic E-state index is 0.265. The zero-order valence-electron chi connectivity index (χ0n) is 29.8. The van der Waals surface area contributed by atoms with Crippen LogP contribution < -0.4 is 4.57 Å². The maximum atomic E-state index is 5.51. The molecule has 52 heavy (non-hydrogen) atoms. The van der Waals surface area contributed by atoms with Gasteiger partial charge in [-0.25, -0.2) is 9.97 Å². The van der Waals surface area contributed by atoms with E-state index in [0.717, 1.165) is 104 Å². The van der Waals surface area contributed by atoms with Crippen LogP contribution in [-0.4, -0.2) is 37.9 Å². The second-order valence-corrected chi connectivity index (χ2v) is 13.8. The van der Waals surface area contributed by atoms with E-state index < -0.39 is 0 Å². The highest BCUT2D eigenvalue weighted by Crippen LogP contribution is 2.39. The molecule has 0 radical (unpaired) electrons. The molecule has 1 saturated heterocycles. The molecule has 4 aromatic heterocycles. The number of aromatic nitrogens is 5. The number of hydrogen-bond donors (Lipinski definition) is 2. The van der Waals surface area contributed by atoms with Crippen molar-refractivity contribution in [2.45, 2.75) is 45.7 Å². The Labute approximate surface area is 304 Å². The number of nitrogens with one attached hydrogen (secondary N) is 2. The van der Waals surface area contributed by atoms with Gasteiger partial charge >= 0.3 is 0 Å². The molecule has 6 aromatic rings. The number of hydrogen-bond acceptors (Lipinski definition) is 3. The molecule has 2 N–H and O–H groups in total. The van der Waals surface area contributed by atoms with E-state index in [0.29, 0.717) is 0 Å². The van der Waals surface area contributed by atoms with Gasteiger partial charge in [0.05, 0.1) is 33.9 Å². The Bertz CT molecular complexity index is 2470. The Morgan fingerprint density at radius 3 is 1.77 bits per heavy atom. The minimum Gasteiger partial charge on any atom is -0.355 e. The average molecular weight is 680 g/mol. The Balaban J connectivity index is 1.46. The molecule has 256 valence electrons. The first-order chi connectivity index (χ1) is 25.7. The zero-order chi connectivity index (χ0) is 35.0. The fourth-order valence-corrected chi connectivity index (χ4v) is 8.34. The normalized spacial score (nSPS) is 15.7. The summed E-state index contributed by atoms with van der Waals surface area (Å²) in [5, 5.41) is 0. The van der Waals surface area contributed by atoms with Gasteiger partial charge in [-0.05, 0) is 98.6 Å². The van der Waals surface area contributed by atoms with E-state index in [9.17, 15) is 0 Å². The highest BCUT2D eigenvalue weighted by molar-refractivity contribution is 5.97. The van der Waals surface area contributed by atoms with Crippen LogP contribution in [0.5, 0.6) is 0 Å². The average Bonchev–Trinajstić information content (AvgIpc) is 4.04. The van der Waals surface area contributed by atoms with Crippen molar-refractivity contribution in [1.82, 2.24) is 24.8 Å². The molecule has 3 aliphatic rings. The summed E-state index contributed by atoms with van der Waals surface area (Å²) in [5.41, 5.74) is 15.9. The summed E-state index contributed by atoms with van der Waals surface area (Å²) >= 11 is 0. The van der Waals surface area contributed by atoms with Crippen LogP contribution in [0.15, 0.2) is 109 Å². The fraction of sp³-hybridized carbons (Fsp3) is 0.196. The quantitative estimate of drug-likeness (QED) is 0.172. The van der Waals surface area contributed by atoms with Gasteiger partial charge in [-0.15, -0.1) is 0 Å². The molecule has 6 nitrogen and oxygen atoms in total. The molecule has 0 spiro atoms. The van der Waals surface area contributed by atoms with Crippen LogP contribution in [-0.2, 0) is 6.54 Å². The zero-order valence-corrected chi connectivity index (χ0v) is 29.8. The van der Waals surface area contributed by atoms with E-state index in [1.54, 1.807) is 0 Å². The number of benzene rings is 2. The summed E-state index contributed by atoms with van der Waals surface area (Å²) in [6, 6.07) is 36.9. The van der Waals surface area contributed by atoms with E-state index in [4.69, 9.17) is 9.97 Å². The van der Waals surface area contributed by atoms with Crippen LogP contribution in [0.25, 0.3) is 79.9 Å². The van der Waals surface area contributed by atoms with Crippen LogP contribution in [0.4, 0.5) is 0 Å². The smallest absolute Gasteiger partial charge is 0.216 e. The third kappa shape index (κ3) is 5.69. The standard InChI is InChI=1S/C46H42N6/c1-3-51-29-13-11-19-41(51)45-37-25-21-33(47-37)43(31-15-7-5-8-16-31)35-23-27-39(49-35)46(42-20-12-14-30-52(42)4-2)40-28-24-36(50-40)44(32-17-9-6-10-18-32)34-22-26-38(45)48-34/h5-11,13,15-19,21-29,42H,3-4,12,14,20,30H2,1-2H3,(H,47,48,49,50)/p+1. The van der Waals surface area contributed by atoms with E-state index in [2.05, 4.69) is 167 Å². The van der Waals surface area contributed by atoms with Crippen molar-refractivity contribution in [2.75, 3.05) is 13.1 Å².